The molecular formula is C40H47ClN4. The van der Waals surface area contributed by atoms with E-state index >= 15 is 0 Å². The number of nitrogens with zero attached hydrogens (tertiary/aromatic N) is 2. The minimum Gasteiger partial charge on any atom is -0.384 e. The van der Waals surface area contributed by atoms with Crippen LogP contribution in [-0.2, 0) is 0 Å². The molecule has 0 spiro atoms. The summed E-state index contributed by atoms with van der Waals surface area (Å²) in [5, 5.41) is 12.4. The smallest absolute Gasteiger partial charge is 0.0730 e. The molecule has 4 nitrogen and oxygen atoms in total. The van der Waals surface area contributed by atoms with E-state index in [-0.39, 0.29) is 12.4 Å². The van der Waals surface area contributed by atoms with Crippen LogP contribution in [0.2, 0.25) is 0 Å². The number of halogens is 1. The van der Waals surface area contributed by atoms with Gasteiger partial charge in [-0.3, -0.25) is 0 Å². The fourth-order valence-electron chi connectivity index (χ4n) is 6.51. The second-order valence-electron chi connectivity index (χ2n) is 12.1. The molecule has 4 aromatic carbocycles. The second-order valence-corrected chi connectivity index (χ2v) is 12.1. The lowest BCUT2D eigenvalue weighted by atomic mass is 10.0. The third kappa shape index (κ3) is 8.43. The summed E-state index contributed by atoms with van der Waals surface area (Å²) in [6.45, 7) is 2.03. The first-order chi connectivity index (χ1) is 21.9. The van der Waals surface area contributed by atoms with Gasteiger partial charge in [-0.1, -0.05) is 137 Å². The Labute approximate surface area is 274 Å². The SMILES string of the molecule is Cl.c1ccc2c(NCCCCCCCCCCCCCCNc3c4ccccc4nc4ccccc34)c3ccccc3nc2c1. The van der Waals surface area contributed by atoms with Crippen molar-refractivity contribution in [3.8, 4) is 0 Å². The van der Waals surface area contributed by atoms with E-state index in [1.54, 1.807) is 0 Å². The summed E-state index contributed by atoms with van der Waals surface area (Å²) in [4.78, 5) is 9.68. The van der Waals surface area contributed by atoms with Crippen LogP contribution in [-0.4, -0.2) is 23.1 Å². The van der Waals surface area contributed by atoms with Crippen LogP contribution < -0.4 is 10.6 Å². The maximum absolute atomic E-state index is 4.84. The van der Waals surface area contributed by atoms with Crippen LogP contribution >= 0.6 is 12.4 Å². The first-order valence-corrected chi connectivity index (χ1v) is 16.9. The molecule has 5 heteroatoms. The highest BCUT2D eigenvalue weighted by Gasteiger charge is 2.09. The molecule has 0 amide bonds. The van der Waals surface area contributed by atoms with Gasteiger partial charge in [-0.25, -0.2) is 9.97 Å². The molecule has 6 aromatic rings. The highest BCUT2D eigenvalue weighted by Crippen LogP contribution is 2.32. The van der Waals surface area contributed by atoms with E-state index in [2.05, 4.69) is 108 Å². The highest BCUT2D eigenvalue weighted by molar-refractivity contribution is 6.08. The fourth-order valence-corrected chi connectivity index (χ4v) is 6.51. The van der Waals surface area contributed by atoms with Gasteiger partial charge in [0, 0.05) is 34.6 Å². The standard InChI is InChI=1S/C40H46N4.ClH/c1(3-5-7-9-19-29-41-39-31-21-11-15-25-35(31)43-36-26-16-12-22-32(36)39)2-4-6-8-10-20-30-42-40-33-23-13-17-27-37(33)44-38-28-18-14-24-34(38)40;/h11-18,21-28H,1-10,19-20,29-30H2,(H,41,43)(H,42,44);1H. The molecule has 2 heterocycles. The van der Waals surface area contributed by atoms with Gasteiger partial charge < -0.3 is 10.6 Å². The zero-order chi connectivity index (χ0) is 29.8. The number of anilines is 2. The Balaban J connectivity index is 0.00000400. The Bertz CT molecular complexity index is 1560. The van der Waals surface area contributed by atoms with Crippen molar-refractivity contribution in [1.82, 2.24) is 9.97 Å². The third-order valence-electron chi connectivity index (χ3n) is 8.88. The van der Waals surface area contributed by atoms with Gasteiger partial charge in [0.25, 0.3) is 0 Å². The fraction of sp³-hybridized carbons (Fsp3) is 0.350. The third-order valence-corrected chi connectivity index (χ3v) is 8.88. The second kappa shape index (κ2) is 17.0. The largest absolute Gasteiger partial charge is 0.384 e. The lowest BCUT2D eigenvalue weighted by molar-refractivity contribution is 0.545. The first kappa shape index (κ1) is 32.5. The summed E-state index contributed by atoms with van der Waals surface area (Å²) in [6.07, 6.45) is 16.0. The van der Waals surface area contributed by atoms with E-state index < -0.39 is 0 Å². The molecule has 234 valence electrons. The summed E-state index contributed by atoms with van der Waals surface area (Å²) in [6, 6.07) is 33.9. The monoisotopic (exact) mass is 618 g/mol. The Morgan fingerprint density at radius 2 is 0.578 bits per heavy atom. The molecule has 2 aromatic heterocycles. The molecule has 0 saturated heterocycles. The molecule has 2 N–H and O–H groups in total. The number of aromatic nitrogens is 2. The normalized spacial score (nSPS) is 11.3. The van der Waals surface area contributed by atoms with Crippen molar-refractivity contribution in [3.05, 3.63) is 97.1 Å². The van der Waals surface area contributed by atoms with Gasteiger partial charge in [0.2, 0.25) is 0 Å². The Hall–Kier alpha value is -3.89. The van der Waals surface area contributed by atoms with Crippen LogP contribution in [0.4, 0.5) is 11.4 Å². The Kier molecular flexibility index (Phi) is 12.3. The van der Waals surface area contributed by atoms with Crippen molar-refractivity contribution >= 4 is 67.4 Å². The van der Waals surface area contributed by atoms with Crippen molar-refractivity contribution in [1.29, 1.82) is 0 Å². The van der Waals surface area contributed by atoms with Crippen LogP contribution in [0.5, 0.6) is 0 Å². The van der Waals surface area contributed by atoms with E-state index in [4.69, 9.17) is 9.97 Å². The number of hydrogen-bond acceptors (Lipinski definition) is 4. The molecule has 0 aliphatic carbocycles. The van der Waals surface area contributed by atoms with Crippen LogP contribution in [0.25, 0.3) is 43.6 Å². The minimum atomic E-state index is 0. The van der Waals surface area contributed by atoms with Gasteiger partial charge in [0.05, 0.1) is 33.4 Å². The van der Waals surface area contributed by atoms with E-state index in [0.29, 0.717) is 0 Å². The van der Waals surface area contributed by atoms with Crippen molar-refractivity contribution in [3.63, 3.8) is 0 Å². The van der Waals surface area contributed by atoms with Crippen LogP contribution in [0, 0.1) is 0 Å². The first-order valence-electron chi connectivity index (χ1n) is 16.9. The van der Waals surface area contributed by atoms with Crippen LogP contribution in [0.3, 0.4) is 0 Å². The molecule has 0 radical (unpaired) electrons. The minimum absolute atomic E-state index is 0. The Morgan fingerprint density at radius 1 is 0.333 bits per heavy atom. The zero-order valence-electron chi connectivity index (χ0n) is 26.4. The number of unbranched alkanes of at least 4 members (excludes halogenated alkanes) is 11. The quantitative estimate of drug-likeness (QED) is 0.0788. The number of nitrogens with one attached hydrogen (secondary N) is 2. The van der Waals surface area contributed by atoms with Gasteiger partial charge in [0.15, 0.2) is 0 Å². The predicted octanol–water partition coefficient (Wildman–Crippen LogP) is 11.7. The Morgan fingerprint density at radius 3 is 0.867 bits per heavy atom. The van der Waals surface area contributed by atoms with Gasteiger partial charge in [-0.15, -0.1) is 12.4 Å². The van der Waals surface area contributed by atoms with Crippen molar-refractivity contribution < 1.29 is 0 Å². The van der Waals surface area contributed by atoms with Gasteiger partial charge in [0.1, 0.15) is 0 Å². The molecule has 6 rings (SSSR count). The molecule has 0 aliphatic rings. The van der Waals surface area contributed by atoms with E-state index in [1.807, 2.05) is 0 Å². The number of rotatable bonds is 17. The molecule has 45 heavy (non-hydrogen) atoms. The molecule has 0 saturated carbocycles. The summed E-state index contributed by atoms with van der Waals surface area (Å²) in [5.74, 6) is 0. The number of para-hydroxylation sites is 4. The van der Waals surface area contributed by atoms with E-state index in [1.165, 1.54) is 110 Å². The molecule has 0 bridgehead atoms. The lowest BCUT2D eigenvalue weighted by Crippen LogP contribution is -2.03. The molecular weight excluding hydrogens is 572 g/mol. The van der Waals surface area contributed by atoms with Gasteiger partial charge >= 0.3 is 0 Å². The topological polar surface area (TPSA) is 49.8 Å². The molecule has 0 unspecified atom stereocenters. The summed E-state index contributed by atoms with van der Waals surface area (Å²) in [5.41, 5.74) is 6.73. The van der Waals surface area contributed by atoms with Gasteiger partial charge in [-0.05, 0) is 37.1 Å². The number of hydrogen-bond donors (Lipinski definition) is 2. The average molecular weight is 619 g/mol. The summed E-state index contributed by atoms with van der Waals surface area (Å²) < 4.78 is 0. The van der Waals surface area contributed by atoms with Crippen molar-refractivity contribution in [2.45, 2.75) is 77.0 Å². The predicted molar refractivity (Wildman–Crippen MR) is 198 cm³/mol. The molecule has 0 aliphatic heterocycles. The van der Waals surface area contributed by atoms with E-state index in [9.17, 15) is 0 Å². The highest BCUT2D eigenvalue weighted by atomic mass is 35.5. The van der Waals surface area contributed by atoms with E-state index in [0.717, 1.165) is 35.2 Å². The molecule has 0 atom stereocenters. The van der Waals surface area contributed by atoms with Crippen molar-refractivity contribution in [2.24, 2.45) is 0 Å². The maximum Gasteiger partial charge on any atom is 0.0730 e. The maximum atomic E-state index is 4.84. The summed E-state index contributed by atoms with van der Waals surface area (Å²) >= 11 is 0. The average Bonchev–Trinajstić information content (AvgIpc) is 3.07. The van der Waals surface area contributed by atoms with Gasteiger partial charge in [-0.2, -0.15) is 0 Å². The van der Waals surface area contributed by atoms with Crippen LogP contribution in [0.1, 0.15) is 77.0 Å². The zero-order valence-corrected chi connectivity index (χ0v) is 27.3. The number of benzene rings is 4. The van der Waals surface area contributed by atoms with Crippen molar-refractivity contribution in [2.75, 3.05) is 23.7 Å². The number of pyridine rings is 2. The molecule has 0 fully saturated rings. The number of fused-ring (bicyclic) bond motifs is 4. The summed E-state index contributed by atoms with van der Waals surface area (Å²) in [7, 11) is 0. The van der Waals surface area contributed by atoms with Crippen LogP contribution in [0.15, 0.2) is 97.1 Å². The lowest BCUT2D eigenvalue weighted by Gasteiger charge is -2.13.